The summed E-state index contributed by atoms with van der Waals surface area (Å²) in [6, 6.07) is 0. The van der Waals surface area contributed by atoms with Crippen molar-refractivity contribution in [3.05, 3.63) is 48.0 Å². The van der Waals surface area contributed by atoms with E-state index in [1.54, 1.807) is 0 Å². The molecule has 1 nitrogen and oxygen atoms in total. The predicted molar refractivity (Wildman–Crippen MR) is 55.8 cm³/mol. The van der Waals surface area contributed by atoms with Gasteiger partial charge in [0, 0.05) is 18.1 Å². The number of allylic oxidation sites excluding steroid dienone is 5. The molecule has 13 heavy (non-hydrogen) atoms. The monoisotopic (exact) mass is 173 g/mol. The second kappa shape index (κ2) is 3.65. The average Bonchev–Trinajstić information content (AvgIpc) is 2.08. The highest BCUT2D eigenvalue weighted by atomic mass is 15.1. The van der Waals surface area contributed by atoms with Gasteiger partial charge in [-0.05, 0) is 37.8 Å². The van der Waals surface area contributed by atoms with Crippen molar-refractivity contribution in [3.8, 4) is 0 Å². The van der Waals surface area contributed by atoms with Crippen LogP contribution >= 0.6 is 0 Å². The van der Waals surface area contributed by atoms with Gasteiger partial charge in [0.25, 0.3) is 0 Å². The van der Waals surface area contributed by atoms with Gasteiger partial charge >= 0.3 is 0 Å². The van der Waals surface area contributed by atoms with E-state index < -0.39 is 0 Å². The van der Waals surface area contributed by atoms with Crippen LogP contribution in [0.3, 0.4) is 0 Å². The van der Waals surface area contributed by atoms with Gasteiger partial charge in [0.1, 0.15) is 0 Å². The van der Waals surface area contributed by atoms with E-state index in [4.69, 9.17) is 0 Å². The summed E-state index contributed by atoms with van der Waals surface area (Å²) in [4.78, 5) is 2.20. The molecule has 0 saturated carbocycles. The molecule has 1 heteroatoms. The topological polar surface area (TPSA) is 3.24 Å². The third kappa shape index (κ3) is 1.92. The molecule has 2 aliphatic heterocycles. The smallest absolute Gasteiger partial charge is 0.0409 e. The Balaban J connectivity index is 2.27. The predicted octanol–water partition coefficient (Wildman–Crippen LogP) is 3.34. The van der Waals surface area contributed by atoms with Crippen molar-refractivity contribution in [1.29, 1.82) is 0 Å². The molecule has 0 fully saturated rings. The third-order valence-corrected chi connectivity index (χ3v) is 2.35. The Morgan fingerprint density at radius 1 is 1.23 bits per heavy atom. The first kappa shape index (κ1) is 8.36. The first-order chi connectivity index (χ1) is 6.36. The van der Waals surface area contributed by atoms with Gasteiger partial charge in [-0.1, -0.05) is 18.2 Å². The maximum Gasteiger partial charge on any atom is 0.0409 e. The first-order valence-electron chi connectivity index (χ1n) is 4.88. The van der Waals surface area contributed by atoms with E-state index in [1.165, 1.54) is 30.5 Å². The highest BCUT2D eigenvalue weighted by Crippen LogP contribution is 2.20. The highest BCUT2D eigenvalue weighted by molar-refractivity contribution is 5.34. The molecule has 0 unspecified atom stereocenters. The van der Waals surface area contributed by atoms with Crippen LogP contribution in [0.2, 0.25) is 0 Å². The van der Waals surface area contributed by atoms with Crippen LogP contribution in [0.15, 0.2) is 48.0 Å². The van der Waals surface area contributed by atoms with E-state index in [9.17, 15) is 0 Å². The summed E-state index contributed by atoms with van der Waals surface area (Å²) in [6.45, 7) is 2.12. The fraction of sp³-hybridized carbons (Fsp3) is 0.333. The van der Waals surface area contributed by atoms with Gasteiger partial charge in [-0.2, -0.15) is 0 Å². The third-order valence-electron chi connectivity index (χ3n) is 2.35. The molecule has 0 aliphatic carbocycles. The highest BCUT2D eigenvalue weighted by Gasteiger charge is 2.06. The summed E-state index contributed by atoms with van der Waals surface area (Å²) in [6.07, 6.45) is 16.9. The molecular formula is C12H15N. The van der Waals surface area contributed by atoms with E-state index in [-0.39, 0.29) is 0 Å². The van der Waals surface area contributed by atoms with E-state index >= 15 is 0 Å². The summed E-state index contributed by atoms with van der Waals surface area (Å²) < 4.78 is 0. The van der Waals surface area contributed by atoms with E-state index in [0.29, 0.717) is 0 Å². The molecule has 0 N–H and O–H groups in total. The number of nitrogens with zero attached hydrogens (tertiary/aromatic N) is 1. The minimum atomic E-state index is 1.19. The summed E-state index contributed by atoms with van der Waals surface area (Å²) in [5.74, 6) is 0. The maximum atomic E-state index is 2.31. The Morgan fingerprint density at radius 2 is 2.15 bits per heavy atom. The van der Waals surface area contributed by atoms with Crippen molar-refractivity contribution in [3.63, 3.8) is 0 Å². The van der Waals surface area contributed by atoms with Gasteiger partial charge in [-0.25, -0.2) is 0 Å². The molecule has 0 saturated heterocycles. The molecular weight excluding hydrogens is 158 g/mol. The number of rotatable bonds is 0. The molecule has 0 atom stereocenters. The SMILES string of the molecule is CC1=CN2/C=C\CCC/C=C\2C=C1. The van der Waals surface area contributed by atoms with E-state index in [0.717, 1.165) is 0 Å². The summed E-state index contributed by atoms with van der Waals surface area (Å²) in [5, 5.41) is 0. The molecule has 0 bridgehead atoms. The Kier molecular flexibility index (Phi) is 2.35. The Morgan fingerprint density at radius 3 is 3.08 bits per heavy atom. The normalized spacial score (nSPS) is 27.9. The van der Waals surface area contributed by atoms with Crippen LogP contribution in [0.4, 0.5) is 0 Å². The molecule has 2 aliphatic rings. The lowest BCUT2D eigenvalue weighted by atomic mass is 10.1. The number of fused-ring (bicyclic) bond motifs is 1. The van der Waals surface area contributed by atoms with Gasteiger partial charge in [0.15, 0.2) is 0 Å². The van der Waals surface area contributed by atoms with Crippen molar-refractivity contribution in [2.45, 2.75) is 26.2 Å². The summed E-state index contributed by atoms with van der Waals surface area (Å²) in [5.41, 5.74) is 2.61. The zero-order valence-electron chi connectivity index (χ0n) is 8.03. The van der Waals surface area contributed by atoms with E-state index in [1.807, 2.05) is 0 Å². The van der Waals surface area contributed by atoms with Gasteiger partial charge in [0.2, 0.25) is 0 Å². The Hall–Kier alpha value is -1.24. The quantitative estimate of drug-likeness (QED) is 0.543. The fourth-order valence-electron chi connectivity index (χ4n) is 1.62. The Labute approximate surface area is 79.7 Å². The van der Waals surface area contributed by atoms with Crippen molar-refractivity contribution < 1.29 is 0 Å². The van der Waals surface area contributed by atoms with E-state index in [2.05, 4.69) is 48.5 Å². The Bertz CT molecular complexity index is 305. The minimum absolute atomic E-state index is 1.19. The average molecular weight is 173 g/mol. The first-order valence-corrected chi connectivity index (χ1v) is 4.88. The van der Waals surface area contributed by atoms with Crippen LogP contribution in [0.5, 0.6) is 0 Å². The van der Waals surface area contributed by atoms with Crippen LogP contribution in [-0.4, -0.2) is 4.90 Å². The molecule has 0 amide bonds. The van der Waals surface area contributed by atoms with Crippen molar-refractivity contribution in [2.24, 2.45) is 0 Å². The zero-order valence-corrected chi connectivity index (χ0v) is 8.03. The van der Waals surface area contributed by atoms with Crippen molar-refractivity contribution in [2.75, 3.05) is 0 Å². The van der Waals surface area contributed by atoms with Crippen molar-refractivity contribution in [1.82, 2.24) is 4.90 Å². The van der Waals surface area contributed by atoms with Crippen molar-refractivity contribution >= 4 is 0 Å². The standard InChI is InChI=1S/C12H15N/c1-11-7-8-12-6-4-2-3-5-9-13(12)10-11/h5-10H,2-4H2,1H3/b9-5-,12-6-. The zero-order chi connectivity index (χ0) is 9.10. The van der Waals surface area contributed by atoms with Crippen LogP contribution in [0, 0.1) is 0 Å². The maximum absolute atomic E-state index is 2.31. The molecule has 2 rings (SSSR count). The second-order valence-corrected chi connectivity index (χ2v) is 3.56. The molecule has 2 heterocycles. The van der Waals surface area contributed by atoms with Crippen LogP contribution < -0.4 is 0 Å². The van der Waals surface area contributed by atoms with Gasteiger partial charge < -0.3 is 4.90 Å². The van der Waals surface area contributed by atoms with Gasteiger partial charge in [-0.15, -0.1) is 0 Å². The van der Waals surface area contributed by atoms with Gasteiger partial charge in [-0.3, -0.25) is 0 Å². The molecule has 68 valence electrons. The summed E-state index contributed by atoms with van der Waals surface area (Å²) in [7, 11) is 0. The number of hydrogen-bond acceptors (Lipinski definition) is 1. The molecule has 0 radical (unpaired) electrons. The lowest BCUT2D eigenvalue weighted by Gasteiger charge is -2.22. The lowest BCUT2D eigenvalue weighted by Crippen LogP contribution is -2.11. The minimum Gasteiger partial charge on any atom is -0.324 e. The van der Waals surface area contributed by atoms with Crippen LogP contribution in [-0.2, 0) is 0 Å². The fourth-order valence-corrected chi connectivity index (χ4v) is 1.62. The largest absolute Gasteiger partial charge is 0.324 e. The number of hydrogen-bond donors (Lipinski definition) is 0. The molecule has 0 aromatic rings. The van der Waals surface area contributed by atoms with Gasteiger partial charge in [0.05, 0.1) is 0 Å². The lowest BCUT2D eigenvalue weighted by molar-refractivity contribution is 0.618. The molecule has 0 aromatic heterocycles. The van der Waals surface area contributed by atoms with Crippen LogP contribution in [0.1, 0.15) is 26.2 Å². The second-order valence-electron chi connectivity index (χ2n) is 3.56. The van der Waals surface area contributed by atoms with Crippen LogP contribution in [0.25, 0.3) is 0 Å². The molecule has 0 spiro atoms. The molecule has 0 aromatic carbocycles. The summed E-state index contributed by atoms with van der Waals surface area (Å²) >= 11 is 0.